The van der Waals surface area contributed by atoms with E-state index >= 15 is 0 Å². The van der Waals surface area contributed by atoms with E-state index in [1.807, 2.05) is 0 Å². The third-order valence-corrected chi connectivity index (χ3v) is 2.46. The molecule has 92 valence electrons. The molecule has 1 amide bonds. The third kappa shape index (κ3) is 2.64. The predicted molar refractivity (Wildman–Crippen MR) is 67.4 cm³/mol. The first-order chi connectivity index (χ1) is 8.70. The lowest BCUT2D eigenvalue weighted by molar-refractivity contribution is 0.102. The molecule has 2 rings (SSSR count). The molecule has 0 aliphatic rings. The number of hydrogen-bond acceptors (Lipinski definition) is 3. The molecule has 0 aliphatic heterocycles. The Bertz CT molecular complexity index is 602. The van der Waals surface area contributed by atoms with E-state index in [0.29, 0.717) is 5.69 Å². The zero-order valence-electron chi connectivity index (χ0n) is 9.51. The topological polar surface area (TPSA) is 82.2 Å². The van der Waals surface area contributed by atoms with E-state index in [4.69, 9.17) is 5.11 Å². The van der Waals surface area contributed by atoms with Crippen molar-refractivity contribution in [3.05, 3.63) is 64.1 Å². The fourth-order valence-corrected chi connectivity index (χ4v) is 1.49. The van der Waals surface area contributed by atoms with Gasteiger partial charge in [0.1, 0.15) is 5.56 Å². The second-order valence-corrected chi connectivity index (χ2v) is 3.73. The van der Waals surface area contributed by atoms with Gasteiger partial charge in [0, 0.05) is 24.1 Å². The van der Waals surface area contributed by atoms with Gasteiger partial charge in [0.25, 0.3) is 5.91 Å². The molecule has 18 heavy (non-hydrogen) atoms. The molecule has 0 bridgehead atoms. The van der Waals surface area contributed by atoms with Crippen molar-refractivity contribution in [2.24, 2.45) is 0 Å². The molecule has 0 saturated heterocycles. The highest BCUT2D eigenvalue weighted by Gasteiger charge is 2.09. The van der Waals surface area contributed by atoms with Gasteiger partial charge in [0.2, 0.25) is 0 Å². The first kappa shape index (κ1) is 12.1. The lowest BCUT2D eigenvalue weighted by atomic mass is 10.2. The second-order valence-electron chi connectivity index (χ2n) is 3.73. The Balaban J connectivity index is 2.16. The number of anilines is 1. The van der Waals surface area contributed by atoms with Crippen molar-refractivity contribution in [3.63, 3.8) is 0 Å². The summed E-state index contributed by atoms with van der Waals surface area (Å²) in [5.74, 6) is -0.464. The molecule has 0 aliphatic carbocycles. The monoisotopic (exact) mass is 244 g/mol. The van der Waals surface area contributed by atoms with E-state index in [-0.39, 0.29) is 17.6 Å². The molecule has 1 aromatic heterocycles. The van der Waals surface area contributed by atoms with Gasteiger partial charge in [0.15, 0.2) is 5.43 Å². The van der Waals surface area contributed by atoms with Crippen LogP contribution < -0.4 is 10.7 Å². The highest BCUT2D eigenvalue weighted by molar-refractivity contribution is 6.03. The van der Waals surface area contributed by atoms with Crippen LogP contribution in [0.4, 0.5) is 5.69 Å². The number of carbonyl (C=O) groups is 1. The minimum absolute atomic E-state index is 0.0490. The van der Waals surface area contributed by atoms with E-state index in [0.717, 1.165) is 5.56 Å². The first-order valence-corrected chi connectivity index (χ1v) is 5.39. The van der Waals surface area contributed by atoms with Gasteiger partial charge >= 0.3 is 0 Å². The Morgan fingerprint density at radius 1 is 1.22 bits per heavy atom. The minimum atomic E-state index is -0.464. The number of amides is 1. The van der Waals surface area contributed by atoms with Gasteiger partial charge in [-0.25, -0.2) is 0 Å². The highest BCUT2D eigenvalue weighted by Crippen LogP contribution is 2.10. The minimum Gasteiger partial charge on any atom is -0.392 e. The number of aliphatic hydroxyl groups is 1. The lowest BCUT2D eigenvalue weighted by Gasteiger charge is -2.05. The maximum atomic E-state index is 11.8. The number of carbonyl (C=O) groups excluding carboxylic acids is 1. The zero-order chi connectivity index (χ0) is 13.0. The van der Waals surface area contributed by atoms with E-state index in [1.165, 1.54) is 18.5 Å². The quantitative estimate of drug-likeness (QED) is 0.756. The smallest absolute Gasteiger partial charge is 0.261 e. The summed E-state index contributed by atoms with van der Waals surface area (Å²) >= 11 is 0. The molecule has 0 unspecified atom stereocenters. The SMILES string of the molecule is O=C(Nc1ccc(CO)cc1)c1c[nH]ccc1=O. The summed E-state index contributed by atoms with van der Waals surface area (Å²) in [6.45, 7) is -0.0490. The Kier molecular flexibility index (Phi) is 3.54. The van der Waals surface area contributed by atoms with E-state index in [2.05, 4.69) is 10.3 Å². The number of benzene rings is 1. The molecule has 0 fully saturated rings. The van der Waals surface area contributed by atoms with Crippen LogP contribution in [0.3, 0.4) is 0 Å². The molecule has 5 nitrogen and oxygen atoms in total. The molecule has 3 N–H and O–H groups in total. The number of nitrogens with one attached hydrogen (secondary N) is 2. The van der Waals surface area contributed by atoms with Gasteiger partial charge in [0.05, 0.1) is 6.61 Å². The van der Waals surface area contributed by atoms with Crippen LogP contribution >= 0.6 is 0 Å². The molecule has 2 aromatic rings. The average Bonchev–Trinajstić information content (AvgIpc) is 2.40. The van der Waals surface area contributed by atoms with Gasteiger partial charge in [-0.2, -0.15) is 0 Å². The van der Waals surface area contributed by atoms with Gasteiger partial charge in [-0.15, -0.1) is 0 Å². The fraction of sp³-hybridized carbons (Fsp3) is 0.0769. The zero-order valence-corrected chi connectivity index (χ0v) is 9.51. The Morgan fingerprint density at radius 3 is 2.56 bits per heavy atom. The number of rotatable bonds is 3. The molecule has 0 spiro atoms. The van der Waals surface area contributed by atoms with Crippen LogP contribution in [0.15, 0.2) is 47.5 Å². The largest absolute Gasteiger partial charge is 0.392 e. The van der Waals surface area contributed by atoms with Crippen molar-refractivity contribution in [1.29, 1.82) is 0 Å². The van der Waals surface area contributed by atoms with Gasteiger partial charge in [-0.3, -0.25) is 9.59 Å². The molecule has 0 atom stereocenters. The van der Waals surface area contributed by atoms with Gasteiger partial charge in [-0.05, 0) is 17.7 Å². The maximum Gasteiger partial charge on any atom is 0.261 e. The molecule has 1 aromatic carbocycles. The van der Waals surface area contributed by atoms with Crippen LogP contribution in [0.1, 0.15) is 15.9 Å². The summed E-state index contributed by atoms with van der Waals surface area (Å²) in [6.07, 6.45) is 2.83. The van der Waals surface area contributed by atoms with E-state index in [1.54, 1.807) is 24.3 Å². The van der Waals surface area contributed by atoms with Crippen molar-refractivity contribution >= 4 is 11.6 Å². The Hall–Kier alpha value is -2.40. The molecule has 5 heteroatoms. The second kappa shape index (κ2) is 5.29. The summed E-state index contributed by atoms with van der Waals surface area (Å²) < 4.78 is 0. The van der Waals surface area contributed by atoms with Crippen LogP contribution in [-0.2, 0) is 6.61 Å². The third-order valence-electron chi connectivity index (χ3n) is 2.46. The van der Waals surface area contributed by atoms with Crippen molar-refractivity contribution in [3.8, 4) is 0 Å². The summed E-state index contributed by atoms with van der Waals surface area (Å²) in [5.41, 5.74) is 1.05. The summed E-state index contributed by atoms with van der Waals surface area (Å²) in [6, 6.07) is 8.03. The van der Waals surface area contributed by atoms with Gasteiger partial charge < -0.3 is 15.4 Å². The van der Waals surface area contributed by atoms with Crippen LogP contribution in [0, 0.1) is 0 Å². The number of H-pyrrole nitrogens is 1. The van der Waals surface area contributed by atoms with Crippen molar-refractivity contribution in [2.75, 3.05) is 5.32 Å². The van der Waals surface area contributed by atoms with E-state index < -0.39 is 5.91 Å². The summed E-state index contributed by atoms with van der Waals surface area (Å²) in [7, 11) is 0. The van der Waals surface area contributed by atoms with E-state index in [9.17, 15) is 9.59 Å². The summed E-state index contributed by atoms with van der Waals surface area (Å²) in [4.78, 5) is 25.9. The van der Waals surface area contributed by atoms with Crippen LogP contribution in [0.25, 0.3) is 0 Å². The Morgan fingerprint density at radius 2 is 1.94 bits per heavy atom. The van der Waals surface area contributed by atoms with Crippen molar-refractivity contribution in [1.82, 2.24) is 4.98 Å². The lowest BCUT2D eigenvalue weighted by Crippen LogP contribution is -2.20. The number of aromatic amines is 1. The number of aliphatic hydroxyl groups excluding tert-OH is 1. The van der Waals surface area contributed by atoms with Crippen molar-refractivity contribution in [2.45, 2.75) is 6.61 Å². The highest BCUT2D eigenvalue weighted by atomic mass is 16.3. The normalized spacial score (nSPS) is 10.1. The molecule has 1 heterocycles. The van der Waals surface area contributed by atoms with Crippen molar-refractivity contribution < 1.29 is 9.90 Å². The van der Waals surface area contributed by atoms with Crippen LogP contribution in [0.5, 0.6) is 0 Å². The number of hydrogen-bond donors (Lipinski definition) is 3. The maximum absolute atomic E-state index is 11.8. The van der Waals surface area contributed by atoms with Crippen LogP contribution in [-0.4, -0.2) is 16.0 Å². The predicted octanol–water partition coefficient (Wildman–Crippen LogP) is 1.12. The average molecular weight is 244 g/mol. The fourth-order valence-electron chi connectivity index (χ4n) is 1.49. The molecule has 0 saturated carbocycles. The number of pyridine rings is 1. The standard InChI is InChI=1S/C13H12N2O3/c16-8-9-1-3-10(4-2-9)15-13(18)11-7-14-6-5-12(11)17/h1-7,16H,8H2,(H,14,17)(H,15,18). The molecular weight excluding hydrogens is 232 g/mol. The Labute approximate surface area is 103 Å². The molecule has 0 radical (unpaired) electrons. The molecular formula is C13H12N2O3. The van der Waals surface area contributed by atoms with Gasteiger partial charge in [-0.1, -0.05) is 12.1 Å². The number of aromatic nitrogens is 1. The summed E-state index contributed by atoms with van der Waals surface area (Å²) in [5, 5.41) is 11.5. The van der Waals surface area contributed by atoms with Crippen LogP contribution in [0.2, 0.25) is 0 Å². The first-order valence-electron chi connectivity index (χ1n) is 5.39.